The van der Waals surface area contributed by atoms with Crippen LogP contribution in [0.25, 0.3) is 0 Å². The first kappa shape index (κ1) is 6.01. The smallest absolute Gasteiger partial charge is 0.183 e. The summed E-state index contributed by atoms with van der Waals surface area (Å²) in [6.07, 6.45) is 0. The van der Waals surface area contributed by atoms with Crippen LogP contribution >= 0.6 is 22.9 Å². The molecule has 1 aromatic heterocycles. The van der Waals surface area contributed by atoms with Crippen LogP contribution in [0.5, 0.6) is 0 Å². The monoisotopic (exact) mass is 149 g/mol. The van der Waals surface area contributed by atoms with E-state index in [2.05, 4.69) is 4.98 Å². The van der Waals surface area contributed by atoms with E-state index in [1.165, 1.54) is 11.3 Å². The average molecular weight is 150 g/mol. The molecule has 1 rings (SSSR count). The molecule has 4 heteroatoms. The van der Waals surface area contributed by atoms with E-state index in [9.17, 15) is 0 Å². The fourth-order valence-electron chi connectivity index (χ4n) is 0.355. The third-order valence-electron chi connectivity index (χ3n) is 0.686. The third-order valence-corrected chi connectivity index (χ3v) is 1.71. The molecule has 0 aliphatic heterocycles. The molecule has 0 radical (unpaired) electrons. The Balaban J connectivity index is 2.84. The van der Waals surface area contributed by atoms with Crippen LogP contribution in [-0.2, 0) is 6.61 Å². The van der Waals surface area contributed by atoms with Gasteiger partial charge in [0.25, 0.3) is 0 Å². The van der Waals surface area contributed by atoms with Crippen molar-refractivity contribution in [2.24, 2.45) is 0 Å². The summed E-state index contributed by atoms with van der Waals surface area (Å²) >= 11 is 6.76. The predicted molar refractivity (Wildman–Crippen MR) is 33.0 cm³/mol. The number of thiazole rings is 1. The van der Waals surface area contributed by atoms with Crippen LogP contribution in [0.1, 0.15) is 5.69 Å². The summed E-state index contributed by atoms with van der Waals surface area (Å²) in [6.45, 7) is -0.0246. The van der Waals surface area contributed by atoms with Crippen LogP contribution in [0.15, 0.2) is 5.38 Å². The van der Waals surface area contributed by atoms with E-state index in [1.807, 2.05) is 0 Å². The second-order valence-electron chi connectivity index (χ2n) is 1.25. The Kier molecular flexibility index (Phi) is 1.83. The van der Waals surface area contributed by atoms with Gasteiger partial charge in [0.15, 0.2) is 4.47 Å². The molecule has 8 heavy (non-hydrogen) atoms. The van der Waals surface area contributed by atoms with Crippen molar-refractivity contribution in [3.8, 4) is 0 Å². The van der Waals surface area contributed by atoms with Crippen molar-refractivity contribution in [3.05, 3.63) is 15.5 Å². The van der Waals surface area contributed by atoms with Gasteiger partial charge in [-0.1, -0.05) is 11.6 Å². The molecule has 2 nitrogen and oxygen atoms in total. The number of hydrogen-bond acceptors (Lipinski definition) is 3. The number of halogens is 1. The second kappa shape index (κ2) is 2.44. The van der Waals surface area contributed by atoms with Gasteiger partial charge < -0.3 is 5.11 Å². The normalized spacial score (nSPS) is 9.75. The van der Waals surface area contributed by atoms with Crippen molar-refractivity contribution in [1.82, 2.24) is 4.98 Å². The summed E-state index contributed by atoms with van der Waals surface area (Å²) in [4.78, 5) is 3.76. The predicted octanol–water partition coefficient (Wildman–Crippen LogP) is 1.29. The Morgan fingerprint density at radius 3 is 2.88 bits per heavy atom. The quantitative estimate of drug-likeness (QED) is 0.653. The summed E-state index contributed by atoms with van der Waals surface area (Å²) in [5, 5.41) is 10.2. The van der Waals surface area contributed by atoms with Crippen molar-refractivity contribution in [2.75, 3.05) is 0 Å². The SMILES string of the molecule is OCc1csc(Cl)n1. The standard InChI is InChI=1S/C4H4ClNOS/c5-4-6-3(1-7)2-8-4/h2,7H,1H2. The minimum Gasteiger partial charge on any atom is -0.390 e. The van der Waals surface area contributed by atoms with Gasteiger partial charge in [0, 0.05) is 5.38 Å². The van der Waals surface area contributed by atoms with Crippen LogP contribution in [0.4, 0.5) is 0 Å². The lowest BCUT2D eigenvalue weighted by Crippen LogP contribution is -1.78. The van der Waals surface area contributed by atoms with Gasteiger partial charge in [0.05, 0.1) is 12.3 Å². The fourth-order valence-corrected chi connectivity index (χ4v) is 1.13. The summed E-state index contributed by atoms with van der Waals surface area (Å²) < 4.78 is 0.481. The highest BCUT2D eigenvalue weighted by Gasteiger charge is 1.94. The summed E-state index contributed by atoms with van der Waals surface area (Å²) in [6, 6.07) is 0. The molecule has 0 amide bonds. The topological polar surface area (TPSA) is 33.1 Å². The molecule has 0 atom stereocenters. The van der Waals surface area contributed by atoms with Crippen LogP contribution < -0.4 is 0 Å². The zero-order valence-electron chi connectivity index (χ0n) is 3.97. The molecule has 1 heterocycles. The Bertz CT molecular complexity index is 176. The Labute approximate surface area is 55.8 Å². The van der Waals surface area contributed by atoms with Crippen LogP contribution in [-0.4, -0.2) is 10.1 Å². The van der Waals surface area contributed by atoms with Crippen molar-refractivity contribution < 1.29 is 5.11 Å². The summed E-state index contributed by atoms with van der Waals surface area (Å²) in [5.74, 6) is 0. The highest BCUT2D eigenvalue weighted by atomic mass is 35.5. The Morgan fingerprint density at radius 2 is 2.62 bits per heavy atom. The maximum absolute atomic E-state index is 8.44. The average Bonchev–Trinajstić information content (AvgIpc) is 2.14. The molecule has 0 aromatic carbocycles. The molecule has 0 fully saturated rings. The number of rotatable bonds is 1. The Morgan fingerprint density at radius 1 is 1.88 bits per heavy atom. The first-order valence-corrected chi connectivity index (χ1v) is 3.29. The van der Waals surface area contributed by atoms with Crippen LogP contribution in [0, 0.1) is 0 Å². The summed E-state index contributed by atoms with van der Waals surface area (Å²) in [5.41, 5.74) is 0.639. The molecule has 0 unspecified atom stereocenters. The van der Waals surface area contributed by atoms with E-state index < -0.39 is 0 Å². The van der Waals surface area contributed by atoms with Gasteiger partial charge in [-0.2, -0.15) is 0 Å². The number of aliphatic hydroxyl groups is 1. The molecule has 44 valence electrons. The van der Waals surface area contributed by atoms with E-state index in [-0.39, 0.29) is 6.61 Å². The van der Waals surface area contributed by atoms with E-state index in [4.69, 9.17) is 16.7 Å². The second-order valence-corrected chi connectivity index (χ2v) is 2.69. The minimum atomic E-state index is -0.0246. The molecular weight excluding hydrogens is 146 g/mol. The number of hydrogen-bond donors (Lipinski definition) is 1. The van der Waals surface area contributed by atoms with E-state index in [0.29, 0.717) is 10.2 Å². The molecule has 1 aromatic rings. The van der Waals surface area contributed by atoms with Crippen LogP contribution in [0.2, 0.25) is 4.47 Å². The molecule has 0 aliphatic carbocycles. The lowest BCUT2D eigenvalue weighted by atomic mass is 10.5. The van der Waals surface area contributed by atoms with Gasteiger partial charge in [0.2, 0.25) is 0 Å². The summed E-state index contributed by atoms with van der Waals surface area (Å²) in [7, 11) is 0. The molecular formula is C4H4ClNOS. The first-order valence-electron chi connectivity index (χ1n) is 2.03. The number of nitrogens with zero attached hydrogens (tertiary/aromatic N) is 1. The molecule has 0 bridgehead atoms. The third kappa shape index (κ3) is 1.18. The van der Waals surface area contributed by atoms with Crippen molar-refractivity contribution in [3.63, 3.8) is 0 Å². The van der Waals surface area contributed by atoms with Crippen LogP contribution in [0.3, 0.4) is 0 Å². The maximum atomic E-state index is 8.44. The van der Waals surface area contributed by atoms with Crippen molar-refractivity contribution in [1.29, 1.82) is 0 Å². The van der Waals surface area contributed by atoms with Gasteiger partial charge >= 0.3 is 0 Å². The zero-order chi connectivity index (χ0) is 5.98. The Hall–Kier alpha value is -0.120. The molecule has 0 saturated heterocycles. The lowest BCUT2D eigenvalue weighted by molar-refractivity contribution is 0.277. The fraction of sp³-hybridized carbons (Fsp3) is 0.250. The molecule has 0 spiro atoms. The van der Waals surface area contributed by atoms with Gasteiger partial charge in [-0.15, -0.1) is 11.3 Å². The van der Waals surface area contributed by atoms with Gasteiger partial charge in [-0.05, 0) is 0 Å². The minimum absolute atomic E-state index is 0.0246. The highest BCUT2D eigenvalue weighted by molar-refractivity contribution is 7.13. The van der Waals surface area contributed by atoms with Gasteiger partial charge in [-0.3, -0.25) is 0 Å². The van der Waals surface area contributed by atoms with Crippen molar-refractivity contribution in [2.45, 2.75) is 6.61 Å². The van der Waals surface area contributed by atoms with Gasteiger partial charge in [-0.25, -0.2) is 4.98 Å². The zero-order valence-corrected chi connectivity index (χ0v) is 5.54. The highest BCUT2D eigenvalue weighted by Crippen LogP contribution is 2.14. The lowest BCUT2D eigenvalue weighted by Gasteiger charge is -1.78. The largest absolute Gasteiger partial charge is 0.390 e. The first-order chi connectivity index (χ1) is 3.83. The maximum Gasteiger partial charge on any atom is 0.183 e. The molecule has 1 N–H and O–H groups in total. The van der Waals surface area contributed by atoms with Gasteiger partial charge in [0.1, 0.15) is 0 Å². The molecule has 0 aliphatic rings. The molecule has 0 saturated carbocycles. The van der Waals surface area contributed by atoms with E-state index >= 15 is 0 Å². The van der Waals surface area contributed by atoms with E-state index in [1.54, 1.807) is 5.38 Å². The van der Waals surface area contributed by atoms with E-state index in [0.717, 1.165) is 0 Å². The number of aliphatic hydroxyl groups excluding tert-OH is 1. The number of aromatic nitrogens is 1. The van der Waals surface area contributed by atoms with Crippen molar-refractivity contribution >= 4 is 22.9 Å².